The fourth-order valence-corrected chi connectivity index (χ4v) is 2.84. The van der Waals surface area contributed by atoms with Crippen LogP contribution in [0.15, 0.2) is 65.3 Å². The van der Waals surface area contributed by atoms with E-state index in [9.17, 15) is 14.9 Å². The summed E-state index contributed by atoms with van der Waals surface area (Å²) in [5.41, 5.74) is 4.18. The fraction of sp³-hybridized carbons (Fsp3) is 0.0526. The molecule has 0 saturated heterocycles. The number of nitrogens with zero attached hydrogens (tertiary/aromatic N) is 3. The van der Waals surface area contributed by atoms with Crippen LogP contribution in [-0.2, 0) is 0 Å². The number of anilines is 1. The number of nitrogens with one attached hydrogen (secondary N) is 1. The zero-order valence-electron chi connectivity index (χ0n) is 14.2. The second-order valence-corrected chi connectivity index (χ2v) is 5.95. The molecule has 0 aliphatic rings. The summed E-state index contributed by atoms with van der Waals surface area (Å²) < 4.78 is 6.91. The average molecular weight is 362 g/mol. The van der Waals surface area contributed by atoms with Crippen molar-refractivity contribution < 1.29 is 14.1 Å². The monoisotopic (exact) mass is 362 g/mol. The first kappa shape index (κ1) is 16.5. The highest BCUT2D eigenvalue weighted by Crippen LogP contribution is 2.26. The first-order valence-corrected chi connectivity index (χ1v) is 8.11. The van der Waals surface area contributed by atoms with Crippen molar-refractivity contribution in [1.29, 1.82) is 0 Å². The number of rotatable bonds is 4. The van der Waals surface area contributed by atoms with Gasteiger partial charge in [-0.3, -0.25) is 19.3 Å². The number of imidazole rings is 1. The molecule has 0 bridgehead atoms. The van der Waals surface area contributed by atoms with Gasteiger partial charge in [-0.15, -0.1) is 0 Å². The number of hydrogen-bond donors (Lipinski definition) is 1. The fourth-order valence-electron chi connectivity index (χ4n) is 2.84. The lowest BCUT2D eigenvalue weighted by atomic mass is 10.1. The number of aromatic nitrogens is 2. The summed E-state index contributed by atoms with van der Waals surface area (Å²) in [6.07, 6.45) is 3.73. The molecule has 8 nitrogen and oxygen atoms in total. The van der Waals surface area contributed by atoms with Crippen LogP contribution in [0.1, 0.15) is 16.1 Å². The van der Waals surface area contributed by atoms with Crippen LogP contribution in [0.3, 0.4) is 0 Å². The molecule has 0 spiro atoms. The topological polar surface area (TPSA) is 103 Å². The van der Waals surface area contributed by atoms with Gasteiger partial charge >= 0.3 is 5.88 Å². The van der Waals surface area contributed by atoms with Gasteiger partial charge < -0.3 is 9.73 Å². The number of pyridine rings is 1. The molecular formula is C19H14N4O4. The maximum absolute atomic E-state index is 12.2. The first-order valence-electron chi connectivity index (χ1n) is 8.11. The second kappa shape index (κ2) is 6.41. The van der Waals surface area contributed by atoms with Crippen LogP contribution in [0.4, 0.5) is 11.6 Å². The molecule has 3 heterocycles. The summed E-state index contributed by atoms with van der Waals surface area (Å²) in [6.45, 7) is 1.87. The SMILES string of the molecule is Cc1cc(-c2cnc3ccccn23)ccc1NC(=O)c1ccc([N+](=O)[O-])o1. The molecule has 1 aromatic carbocycles. The van der Waals surface area contributed by atoms with Crippen molar-refractivity contribution in [1.82, 2.24) is 9.38 Å². The zero-order valence-corrected chi connectivity index (χ0v) is 14.2. The summed E-state index contributed by atoms with van der Waals surface area (Å²) in [4.78, 5) is 26.6. The van der Waals surface area contributed by atoms with Gasteiger partial charge in [0.05, 0.1) is 18.0 Å². The van der Waals surface area contributed by atoms with Crippen molar-refractivity contribution >= 4 is 23.1 Å². The van der Waals surface area contributed by atoms with Crippen molar-refractivity contribution in [3.8, 4) is 11.3 Å². The Kier molecular flexibility index (Phi) is 3.92. The summed E-state index contributed by atoms with van der Waals surface area (Å²) in [6, 6.07) is 13.8. The number of carbonyl (C=O) groups is 1. The number of nitro groups is 1. The van der Waals surface area contributed by atoms with Crippen LogP contribution in [0, 0.1) is 17.0 Å². The maximum Gasteiger partial charge on any atom is 0.433 e. The molecule has 4 rings (SSSR count). The smallest absolute Gasteiger partial charge is 0.395 e. The van der Waals surface area contributed by atoms with Gasteiger partial charge in [-0.1, -0.05) is 12.1 Å². The molecule has 0 aliphatic heterocycles. The third kappa shape index (κ3) is 3.04. The Bertz CT molecular complexity index is 1180. The van der Waals surface area contributed by atoms with Gasteiger partial charge in [-0.05, 0) is 42.8 Å². The van der Waals surface area contributed by atoms with E-state index in [0.29, 0.717) is 5.69 Å². The van der Waals surface area contributed by atoms with Crippen molar-refractivity contribution in [3.05, 3.63) is 82.4 Å². The van der Waals surface area contributed by atoms with Gasteiger partial charge in [0.15, 0.2) is 5.76 Å². The number of amides is 1. The molecule has 3 aromatic heterocycles. The van der Waals surface area contributed by atoms with E-state index < -0.39 is 16.7 Å². The Morgan fingerprint density at radius 3 is 2.81 bits per heavy atom. The van der Waals surface area contributed by atoms with Gasteiger partial charge in [0, 0.05) is 17.4 Å². The van der Waals surface area contributed by atoms with Crippen LogP contribution in [-0.4, -0.2) is 20.2 Å². The van der Waals surface area contributed by atoms with Crippen LogP contribution < -0.4 is 5.32 Å². The average Bonchev–Trinajstić information content (AvgIpc) is 3.30. The number of hydrogen-bond acceptors (Lipinski definition) is 5. The third-order valence-electron chi connectivity index (χ3n) is 4.18. The van der Waals surface area contributed by atoms with E-state index in [1.807, 2.05) is 47.9 Å². The van der Waals surface area contributed by atoms with Gasteiger partial charge in [0.1, 0.15) is 10.6 Å². The second-order valence-electron chi connectivity index (χ2n) is 5.95. The number of benzene rings is 1. The van der Waals surface area contributed by atoms with E-state index in [1.54, 1.807) is 12.3 Å². The molecule has 0 fully saturated rings. The van der Waals surface area contributed by atoms with Crippen molar-refractivity contribution in [2.24, 2.45) is 0 Å². The Labute approximate surface area is 153 Å². The first-order chi connectivity index (χ1) is 13.0. The molecule has 4 aromatic rings. The minimum Gasteiger partial charge on any atom is -0.395 e. The van der Waals surface area contributed by atoms with Crippen molar-refractivity contribution in [3.63, 3.8) is 0 Å². The molecular weight excluding hydrogens is 348 g/mol. The van der Waals surface area contributed by atoms with Gasteiger partial charge in [-0.2, -0.15) is 0 Å². The van der Waals surface area contributed by atoms with Crippen molar-refractivity contribution in [2.45, 2.75) is 6.92 Å². The number of carbonyl (C=O) groups excluding carboxylic acids is 1. The van der Waals surface area contributed by atoms with Crippen molar-refractivity contribution in [2.75, 3.05) is 5.32 Å². The summed E-state index contributed by atoms with van der Waals surface area (Å²) in [5, 5.41) is 13.4. The van der Waals surface area contributed by atoms with E-state index in [0.717, 1.165) is 28.5 Å². The molecule has 0 aliphatic carbocycles. The number of aryl methyl sites for hydroxylation is 1. The molecule has 0 atom stereocenters. The lowest BCUT2D eigenvalue weighted by Gasteiger charge is -2.09. The Morgan fingerprint density at radius 1 is 1.22 bits per heavy atom. The summed E-state index contributed by atoms with van der Waals surface area (Å²) >= 11 is 0. The van der Waals surface area contributed by atoms with Crippen LogP contribution in [0.25, 0.3) is 16.9 Å². The van der Waals surface area contributed by atoms with Crippen LogP contribution in [0.2, 0.25) is 0 Å². The van der Waals surface area contributed by atoms with E-state index in [4.69, 9.17) is 4.42 Å². The maximum atomic E-state index is 12.2. The van der Waals surface area contributed by atoms with E-state index in [2.05, 4.69) is 10.3 Å². The number of furan rings is 1. The molecule has 27 heavy (non-hydrogen) atoms. The van der Waals surface area contributed by atoms with Gasteiger partial charge in [0.25, 0.3) is 5.91 Å². The highest BCUT2D eigenvalue weighted by molar-refractivity contribution is 6.03. The Morgan fingerprint density at radius 2 is 2.07 bits per heavy atom. The zero-order chi connectivity index (χ0) is 19.0. The molecule has 134 valence electrons. The Hall–Kier alpha value is -3.94. The number of fused-ring (bicyclic) bond motifs is 1. The van der Waals surface area contributed by atoms with E-state index in [-0.39, 0.29) is 5.76 Å². The molecule has 0 unspecified atom stereocenters. The lowest BCUT2D eigenvalue weighted by Crippen LogP contribution is -2.11. The summed E-state index contributed by atoms with van der Waals surface area (Å²) in [5.74, 6) is -1.14. The molecule has 8 heteroatoms. The normalized spacial score (nSPS) is 10.9. The van der Waals surface area contributed by atoms with E-state index in [1.165, 1.54) is 6.07 Å². The molecule has 0 saturated carbocycles. The molecule has 1 amide bonds. The van der Waals surface area contributed by atoms with Crippen LogP contribution in [0.5, 0.6) is 0 Å². The quantitative estimate of drug-likeness (QED) is 0.435. The van der Waals surface area contributed by atoms with Gasteiger partial charge in [-0.25, -0.2) is 4.98 Å². The van der Waals surface area contributed by atoms with Crippen LogP contribution >= 0.6 is 0 Å². The van der Waals surface area contributed by atoms with Gasteiger partial charge in [0.2, 0.25) is 0 Å². The minimum absolute atomic E-state index is 0.119. The highest BCUT2D eigenvalue weighted by atomic mass is 16.6. The molecule has 0 radical (unpaired) electrons. The third-order valence-corrected chi connectivity index (χ3v) is 4.18. The largest absolute Gasteiger partial charge is 0.433 e. The minimum atomic E-state index is -0.688. The predicted octanol–water partition coefficient (Wildman–Crippen LogP) is 4.06. The summed E-state index contributed by atoms with van der Waals surface area (Å²) in [7, 11) is 0. The Balaban J connectivity index is 1.60. The predicted molar refractivity (Wildman–Crippen MR) is 98.7 cm³/mol. The lowest BCUT2D eigenvalue weighted by molar-refractivity contribution is -0.402. The standard InChI is InChI=1S/C19H14N4O4/c1-12-10-13(15-11-20-17-4-2-3-9-22(15)17)5-6-14(12)21-19(24)16-7-8-18(27-16)23(25)26/h2-11H,1H3,(H,21,24). The van der Waals surface area contributed by atoms with E-state index >= 15 is 0 Å². The highest BCUT2D eigenvalue weighted by Gasteiger charge is 2.18. The molecule has 1 N–H and O–H groups in total.